The molecule has 8 rings (SSSR count). The summed E-state index contributed by atoms with van der Waals surface area (Å²) in [6.45, 7) is 18.0. The number of hydrogen-bond donors (Lipinski definition) is 0. The van der Waals surface area contributed by atoms with Gasteiger partial charge in [-0.05, 0) is 86.0 Å². The van der Waals surface area contributed by atoms with Gasteiger partial charge in [0.15, 0.2) is 0 Å². The van der Waals surface area contributed by atoms with Crippen LogP contribution in [0.3, 0.4) is 0 Å². The Bertz CT molecular complexity index is 2200. The zero-order valence-corrected chi connectivity index (χ0v) is 34.4. The van der Waals surface area contributed by atoms with Crippen molar-refractivity contribution in [2.45, 2.75) is 112 Å². The maximum atomic E-state index is 5.25. The van der Waals surface area contributed by atoms with Crippen molar-refractivity contribution in [2.24, 2.45) is 0 Å². The Hall–Kier alpha value is -5.25. The standard InChI is InChI=1S/C48H59N9/c1-5-26-54-38(32-37-18-9-13-22-42(37)54)33-52(34-46-49-39-19-10-14-23-43(39)55(46)27-6-2)30-17-31-53(35-47-50-40-20-11-15-24-44(40)56(47)28-7-3)36-48-51-41-21-12-16-25-45(41)57(48)29-8-4/h9-16,18-25,32H,5-8,17,26-31,33-36H2,1-4H3. The number of nitrogens with zero attached hydrogens (tertiary/aromatic N) is 9. The van der Waals surface area contributed by atoms with E-state index in [0.29, 0.717) is 0 Å². The molecule has 0 bridgehead atoms. The maximum absolute atomic E-state index is 5.25. The van der Waals surface area contributed by atoms with Crippen LogP contribution in [0.5, 0.6) is 0 Å². The highest BCUT2D eigenvalue weighted by atomic mass is 15.2. The van der Waals surface area contributed by atoms with E-state index in [0.717, 1.165) is 132 Å². The third-order valence-corrected chi connectivity index (χ3v) is 11.3. The third kappa shape index (κ3) is 8.27. The minimum Gasteiger partial charge on any atom is -0.343 e. The summed E-state index contributed by atoms with van der Waals surface area (Å²) in [5.41, 5.74) is 9.58. The fourth-order valence-electron chi connectivity index (χ4n) is 8.82. The molecule has 0 amide bonds. The summed E-state index contributed by atoms with van der Waals surface area (Å²) >= 11 is 0. The molecule has 0 radical (unpaired) electrons. The third-order valence-electron chi connectivity index (χ3n) is 11.3. The molecule has 9 nitrogen and oxygen atoms in total. The van der Waals surface area contributed by atoms with Crippen molar-refractivity contribution in [1.82, 2.24) is 43.0 Å². The molecule has 0 aliphatic heterocycles. The lowest BCUT2D eigenvalue weighted by molar-refractivity contribution is 0.193. The number of imidazole rings is 3. The van der Waals surface area contributed by atoms with Gasteiger partial charge in [0, 0.05) is 57.0 Å². The normalized spacial score (nSPS) is 12.2. The number of benzene rings is 4. The van der Waals surface area contributed by atoms with Gasteiger partial charge in [0.1, 0.15) is 17.5 Å². The molecular weight excluding hydrogens is 703 g/mol. The lowest BCUT2D eigenvalue weighted by Gasteiger charge is -2.27. The van der Waals surface area contributed by atoms with Crippen LogP contribution in [0.1, 0.15) is 83.0 Å². The average Bonchev–Trinajstić information content (AvgIpc) is 3.96. The van der Waals surface area contributed by atoms with E-state index in [2.05, 4.69) is 159 Å². The number of aromatic nitrogens is 7. The van der Waals surface area contributed by atoms with E-state index in [1.807, 2.05) is 0 Å². The topological polar surface area (TPSA) is 64.9 Å². The molecule has 9 heteroatoms. The monoisotopic (exact) mass is 761 g/mol. The maximum Gasteiger partial charge on any atom is 0.124 e. The lowest BCUT2D eigenvalue weighted by atomic mass is 10.2. The first-order valence-electron chi connectivity index (χ1n) is 21.4. The highest BCUT2D eigenvalue weighted by molar-refractivity contribution is 5.81. The van der Waals surface area contributed by atoms with E-state index in [1.54, 1.807) is 0 Å². The summed E-state index contributed by atoms with van der Waals surface area (Å²) in [6.07, 6.45) is 5.29. The van der Waals surface area contributed by atoms with E-state index in [1.165, 1.54) is 33.1 Å². The molecule has 0 saturated heterocycles. The predicted octanol–water partition coefficient (Wildman–Crippen LogP) is 10.4. The smallest absolute Gasteiger partial charge is 0.124 e. The minimum absolute atomic E-state index is 0.765. The first kappa shape index (κ1) is 38.6. The molecule has 4 aromatic carbocycles. The van der Waals surface area contributed by atoms with Crippen LogP contribution in [-0.2, 0) is 52.4 Å². The number of aryl methyl sites for hydroxylation is 4. The summed E-state index contributed by atoms with van der Waals surface area (Å²) < 4.78 is 9.87. The second kappa shape index (κ2) is 17.9. The Morgan fingerprint density at radius 3 is 1.23 bits per heavy atom. The Morgan fingerprint density at radius 2 is 0.789 bits per heavy atom. The molecule has 4 aromatic heterocycles. The molecule has 0 unspecified atom stereocenters. The van der Waals surface area contributed by atoms with Gasteiger partial charge in [0.25, 0.3) is 0 Å². The Kier molecular flexibility index (Phi) is 12.1. The number of rotatable bonds is 20. The molecule has 0 aliphatic carbocycles. The first-order valence-corrected chi connectivity index (χ1v) is 21.4. The molecule has 0 saturated carbocycles. The van der Waals surface area contributed by atoms with Crippen LogP contribution in [0.4, 0.5) is 0 Å². The van der Waals surface area contributed by atoms with Gasteiger partial charge in [-0.25, -0.2) is 15.0 Å². The van der Waals surface area contributed by atoms with Crippen LogP contribution in [0.2, 0.25) is 0 Å². The van der Waals surface area contributed by atoms with Crippen LogP contribution in [-0.4, -0.2) is 56.1 Å². The minimum atomic E-state index is 0.765. The molecule has 0 atom stereocenters. The summed E-state index contributed by atoms with van der Waals surface area (Å²) in [4.78, 5) is 21.0. The Labute approximate surface area is 337 Å². The van der Waals surface area contributed by atoms with Crippen molar-refractivity contribution in [3.8, 4) is 0 Å². The van der Waals surface area contributed by atoms with Gasteiger partial charge >= 0.3 is 0 Å². The van der Waals surface area contributed by atoms with Gasteiger partial charge in [-0.2, -0.15) is 0 Å². The summed E-state index contributed by atoms with van der Waals surface area (Å²) in [5.74, 6) is 3.41. The summed E-state index contributed by atoms with van der Waals surface area (Å²) in [6, 6.07) is 37.1. The van der Waals surface area contributed by atoms with Crippen molar-refractivity contribution in [2.75, 3.05) is 13.1 Å². The van der Waals surface area contributed by atoms with Gasteiger partial charge in [0.05, 0.1) is 52.7 Å². The SMILES string of the molecule is CCCn1c(CN(CCCN(Cc2nc3ccccc3n2CCC)Cc2nc3ccccc3n2CCC)Cc2nc3ccccc3n2CCC)cc2ccccc21. The van der Waals surface area contributed by atoms with Crippen molar-refractivity contribution < 1.29 is 0 Å². The van der Waals surface area contributed by atoms with Crippen LogP contribution < -0.4 is 0 Å². The van der Waals surface area contributed by atoms with E-state index in [-0.39, 0.29) is 0 Å². The van der Waals surface area contributed by atoms with Crippen LogP contribution in [0.15, 0.2) is 103 Å². The zero-order valence-electron chi connectivity index (χ0n) is 34.4. The van der Waals surface area contributed by atoms with Crippen LogP contribution >= 0.6 is 0 Å². The fourth-order valence-corrected chi connectivity index (χ4v) is 8.82. The van der Waals surface area contributed by atoms with E-state index in [9.17, 15) is 0 Å². The van der Waals surface area contributed by atoms with Crippen molar-refractivity contribution in [3.05, 3.63) is 126 Å². The molecule has 296 valence electrons. The molecule has 0 N–H and O–H groups in total. The van der Waals surface area contributed by atoms with E-state index >= 15 is 0 Å². The number of hydrogen-bond acceptors (Lipinski definition) is 5. The predicted molar refractivity (Wildman–Crippen MR) is 235 cm³/mol. The van der Waals surface area contributed by atoms with Crippen LogP contribution in [0, 0.1) is 0 Å². The van der Waals surface area contributed by atoms with Gasteiger partial charge in [-0.15, -0.1) is 0 Å². The summed E-state index contributed by atoms with van der Waals surface area (Å²) in [7, 11) is 0. The second-order valence-corrected chi connectivity index (χ2v) is 15.6. The van der Waals surface area contributed by atoms with Gasteiger partial charge in [-0.3, -0.25) is 9.80 Å². The van der Waals surface area contributed by atoms with Crippen molar-refractivity contribution >= 4 is 44.0 Å². The Balaban J connectivity index is 1.12. The number of para-hydroxylation sites is 7. The van der Waals surface area contributed by atoms with E-state index < -0.39 is 0 Å². The highest BCUT2D eigenvalue weighted by Crippen LogP contribution is 2.26. The van der Waals surface area contributed by atoms with Crippen molar-refractivity contribution in [3.63, 3.8) is 0 Å². The number of fused-ring (bicyclic) bond motifs is 4. The highest BCUT2D eigenvalue weighted by Gasteiger charge is 2.21. The molecule has 0 aliphatic rings. The zero-order chi connectivity index (χ0) is 39.1. The molecular formula is C48H59N9. The fraction of sp³-hybridized carbons (Fsp3) is 0.396. The van der Waals surface area contributed by atoms with Gasteiger partial charge in [-0.1, -0.05) is 82.3 Å². The molecule has 4 heterocycles. The van der Waals surface area contributed by atoms with Crippen molar-refractivity contribution in [1.29, 1.82) is 0 Å². The van der Waals surface area contributed by atoms with Crippen LogP contribution in [0.25, 0.3) is 44.0 Å². The molecule has 57 heavy (non-hydrogen) atoms. The van der Waals surface area contributed by atoms with E-state index in [4.69, 9.17) is 15.0 Å². The molecule has 0 spiro atoms. The van der Waals surface area contributed by atoms with Gasteiger partial charge < -0.3 is 18.3 Å². The average molecular weight is 762 g/mol. The molecule has 8 aromatic rings. The first-order chi connectivity index (χ1) is 28.1. The lowest BCUT2D eigenvalue weighted by Crippen LogP contribution is -2.32. The quantitative estimate of drug-likeness (QED) is 0.0774. The summed E-state index contributed by atoms with van der Waals surface area (Å²) in [5, 5.41) is 1.32. The Morgan fingerprint density at radius 1 is 0.421 bits per heavy atom. The van der Waals surface area contributed by atoms with Gasteiger partial charge in [0.2, 0.25) is 0 Å². The second-order valence-electron chi connectivity index (χ2n) is 15.6. The molecule has 0 fully saturated rings. The largest absolute Gasteiger partial charge is 0.343 e.